The Morgan fingerprint density at radius 1 is 0.667 bits per heavy atom. The molecule has 9 nitrogen and oxygen atoms in total. The Hall–Kier alpha value is -7.96. The molecule has 12 heteroatoms. The maximum atomic E-state index is 14.1. The SMILES string of the molecule is CN(C)C(=O)OC[n+]1cccc([C@H]2SCc3c(C(=O)c4cn(C(=O)N(C)C)c5cc(-c6ccc(F)cc6)ccc45)ccn32)c1.c1ccc([B-](c2ccccc2)(c2ccccc2)c2ccccc2)cc1. The van der Waals surface area contributed by atoms with Gasteiger partial charge in [-0.05, 0) is 41.5 Å². The van der Waals surface area contributed by atoms with Crippen molar-refractivity contribution in [2.45, 2.75) is 17.9 Å². The summed E-state index contributed by atoms with van der Waals surface area (Å²) >= 11 is 1.70. The van der Waals surface area contributed by atoms with Crippen LogP contribution < -0.4 is 26.4 Å². The van der Waals surface area contributed by atoms with Crippen LogP contribution in [-0.2, 0) is 17.2 Å². The summed E-state index contributed by atoms with van der Waals surface area (Å²) in [4.78, 5) is 42.0. The fourth-order valence-electron chi connectivity index (χ4n) is 9.45. The first kappa shape index (κ1) is 46.2. The van der Waals surface area contributed by atoms with Gasteiger partial charge < -0.3 is 19.1 Å². The molecular weight excluding hydrogens is 881 g/mol. The van der Waals surface area contributed by atoms with E-state index in [1.54, 1.807) is 58.3 Å². The number of hydrogen-bond acceptors (Lipinski definition) is 5. The molecule has 344 valence electrons. The summed E-state index contributed by atoms with van der Waals surface area (Å²) in [7, 11) is 6.59. The van der Waals surface area contributed by atoms with E-state index in [9.17, 15) is 18.8 Å². The summed E-state index contributed by atoms with van der Waals surface area (Å²) in [5.41, 5.74) is 10.5. The van der Waals surface area contributed by atoms with Crippen molar-refractivity contribution in [1.82, 2.24) is 18.9 Å². The van der Waals surface area contributed by atoms with Gasteiger partial charge in [0.2, 0.25) is 0 Å². The first-order chi connectivity index (χ1) is 33.5. The van der Waals surface area contributed by atoms with Gasteiger partial charge in [-0.15, -0.1) is 11.8 Å². The zero-order valence-corrected chi connectivity index (χ0v) is 39.7. The number of hydrogen-bond donors (Lipinski definition) is 0. The van der Waals surface area contributed by atoms with Crippen molar-refractivity contribution in [2.24, 2.45) is 0 Å². The predicted molar refractivity (Wildman–Crippen MR) is 276 cm³/mol. The number of thioether (sulfide) groups is 1. The standard InChI is InChI=1S/C33H31FN5O4S.C24H20B/c1-35(2)32(41)39-18-27(25-12-9-22(16-28(25)39)21-7-10-24(34)11-8-21)30(40)26-13-15-38-29(26)19-44-31(38)23-6-5-14-37(17-23)20-43-33(42)36(3)4;1-5-13-21(14-6-1)25(22-15-7-2-8-16-22,23-17-9-3-10-18-23)24-19-11-4-12-20-24/h5-18,31H,19-20H2,1-4H3;1-20H/q+1;-1/t31-;/m1./s1. The smallest absolute Gasteiger partial charge is 0.388 e. The van der Waals surface area contributed by atoms with Crippen LogP contribution in [0.4, 0.5) is 14.0 Å². The van der Waals surface area contributed by atoms with Crippen molar-refractivity contribution < 1.29 is 28.1 Å². The molecular formula is C57H51BFN5O4S. The summed E-state index contributed by atoms with van der Waals surface area (Å²) in [6.45, 7) is 0.0864. The Labute approximate surface area is 405 Å². The molecule has 1 aliphatic rings. The molecule has 0 spiro atoms. The van der Waals surface area contributed by atoms with E-state index in [0.717, 1.165) is 22.4 Å². The van der Waals surface area contributed by atoms with E-state index in [1.807, 2.05) is 59.6 Å². The first-order valence-electron chi connectivity index (χ1n) is 22.7. The maximum Gasteiger partial charge on any atom is 0.414 e. The fourth-order valence-corrected chi connectivity index (χ4v) is 10.8. The van der Waals surface area contributed by atoms with Gasteiger partial charge in [0.25, 0.3) is 6.73 Å². The number of benzene rings is 6. The summed E-state index contributed by atoms with van der Waals surface area (Å²) < 4.78 is 24.3. The van der Waals surface area contributed by atoms with Crippen molar-refractivity contribution in [2.75, 3.05) is 28.2 Å². The number of carbonyl (C=O) groups excluding carboxylic acids is 3. The van der Waals surface area contributed by atoms with Crippen LogP contribution in [0.5, 0.6) is 0 Å². The summed E-state index contributed by atoms with van der Waals surface area (Å²) in [5.74, 6) is 0.141. The average molecular weight is 932 g/mol. The summed E-state index contributed by atoms with van der Waals surface area (Å²) in [6, 6.07) is 60.8. The molecule has 10 rings (SSSR count). The average Bonchev–Trinajstić information content (AvgIpc) is 4.12. The fraction of sp³-hybridized carbons (Fsp3) is 0.123. The second-order valence-electron chi connectivity index (χ2n) is 17.5. The van der Waals surface area contributed by atoms with Crippen molar-refractivity contribution in [3.63, 3.8) is 0 Å². The highest BCUT2D eigenvalue weighted by Gasteiger charge is 2.33. The molecule has 3 aromatic heterocycles. The zero-order valence-electron chi connectivity index (χ0n) is 38.9. The quantitative estimate of drug-likeness (QED) is 0.0779. The number of ketones is 1. The molecule has 0 fully saturated rings. The molecule has 1 atom stereocenters. The van der Waals surface area contributed by atoms with E-state index < -0.39 is 12.2 Å². The Bertz CT molecular complexity index is 3090. The second-order valence-corrected chi connectivity index (χ2v) is 18.6. The van der Waals surface area contributed by atoms with Crippen molar-refractivity contribution in [1.29, 1.82) is 0 Å². The van der Waals surface area contributed by atoms with Gasteiger partial charge in [-0.25, -0.2) is 14.0 Å². The zero-order chi connectivity index (χ0) is 48.1. The minimum absolute atomic E-state index is 0.0570. The number of nitrogens with zero attached hydrogens (tertiary/aromatic N) is 5. The molecule has 1 aliphatic heterocycles. The molecule has 0 radical (unpaired) electrons. The number of fused-ring (bicyclic) bond motifs is 2. The largest absolute Gasteiger partial charge is 0.414 e. The maximum absolute atomic E-state index is 14.1. The van der Waals surface area contributed by atoms with Crippen LogP contribution >= 0.6 is 11.8 Å². The topological polar surface area (TPSA) is 80.7 Å². The number of ether oxygens (including phenoxy) is 1. The van der Waals surface area contributed by atoms with Crippen molar-refractivity contribution in [3.8, 4) is 11.1 Å². The molecule has 9 aromatic rings. The van der Waals surface area contributed by atoms with E-state index in [-0.39, 0.29) is 29.7 Å². The van der Waals surface area contributed by atoms with Gasteiger partial charge in [-0.1, -0.05) is 146 Å². The van der Waals surface area contributed by atoms with Gasteiger partial charge in [0.05, 0.1) is 5.52 Å². The first-order valence-corrected chi connectivity index (χ1v) is 23.8. The lowest BCUT2D eigenvalue weighted by Gasteiger charge is -2.44. The number of halogens is 1. The third-order valence-corrected chi connectivity index (χ3v) is 14.0. The lowest BCUT2D eigenvalue weighted by Crippen LogP contribution is -2.74. The van der Waals surface area contributed by atoms with E-state index in [1.165, 1.54) is 48.4 Å². The lowest BCUT2D eigenvalue weighted by atomic mass is 9.13. The molecule has 0 saturated carbocycles. The van der Waals surface area contributed by atoms with Crippen LogP contribution in [0.3, 0.4) is 0 Å². The Morgan fingerprint density at radius 2 is 1.22 bits per heavy atom. The number of pyridine rings is 1. The molecule has 0 bridgehead atoms. The highest BCUT2D eigenvalue weighted by molar-refractivity contribution is 7.99. The number of rotatable bonds is 10. The van der Waals surface area contributed by atoms with Gasteiger partial charge in [0, 0.05) is 80.2 Å². The molecule has 6 aromatic carbocycles. The normalized spacial score (nSPS) is 13.0. The van der Waals surface area contributed by atoms with Gasteiger partial charge in [0.1, 0.15) is 17.3 Å². The molecule has 0 N–H and O–H groups in total. The van der Waals surface area contributed by atoms with Crippen LogP contribution in [0.1, 0.15) is 32.6 Å². The molecule has 4 heterocycles. The van der Waals surface area contributed by atoms with Gasteiger partial charge in [0.15, 0.2) is 18.2 Å². The van der Waals surface area contributed by atoms with E-state index in [4.69, 9.17) is 4.74 Å². The van der Waals surface area contributed by atoms with Crippen LogP contribution in [0.2, 0.25) is 0 Å². The second kappa shape index (κ2) is 20.1. The minimum atomic E-state index is -1.22. The van der Waals surface area contributed by atoms with Crippen LogP contribution in [0.15, 0.2) is 207 Å². The van der Waals surface area contributed by atoms with Gasteiger partial charge >= 0.3 is 12.1 Å². The van der Waals surface area contributed by atoms with Gasteiger partial charge in [-0.3, -0.25) is 9.36 Å². The third-order valence-electron chi connectivity index (χ3n) is 12.8. The van der Waals surface area contributed by atoms with E-state index in [2.05, 4.69) is 126 Å². The molecule has 0 saturated heterocycles. The van der Waals surface area contributed by atoms with Crippen LogP contribution in [-0.4, -0.2) is 71.2 Å². The third kappa shape index (κ3) is 9.23. The minimum Gasteiger partial charge on any atom is -0.388 e. The van der Waals surface area contributed by atoms with E-state index in [0.29, 0.717) is 27.8 Å². The number of carbonyl (C=O) groups is 3. The Balaban J connectivity index is 0.000000200. The predicted octanol–water partition coefficient (Wildman–Crippen LogP) is 8.81. The highest BCUT2D eigenvalue weighted by atomic mass is 32.2. The monoisotopic (exact) mass is 931 g/mol. The lowest BCUT2D eigenvalue weighted by molar-refractivity contribution is -0.727. The number of amides is 2. The molecule has 2 amide bonds. The Kier molecular flexibility index (Phi) is 13.5. The van der Waals surface area contributed by atoms with Crippen molar-refractivity contribution >= 4 is 68.6 Å². The van der Waals surface area contributed by atoms with E-state index >= 15 is 0 Å². The molecule has 69 heavy (non-hydrogen) atoms. The van der Waals surface area contributed by atoms with Crippen LogP contribution in [0.25, 0.3) is 22.0 Å². The van der Waals surface area contributed by atoms with Gasteiger partial charge in [-0.2, -0.15) is 26.4 Å². The summed E-state index contributed by atoms with van der Waals surface area (Å²) in [6.07, 6.45) is 5.68. The molecule has 0 aliphatic carbocycles. The number of aromatic nitrogens is 3. The summed E-state index contributed by atoms with van der Waals surface area (Å²) in [5, 5.41) is 0.605. The van der Waals surface area contributed by atoms with Crippen LogP contribution in [0, 0.1) is 5.82 Å². The Morgan fingerprint density at radius 3 is 1.75 bits per heavy atom. The van der Waals surface area contributed by atoms with Crippen molar-refractivity contribution in [3.05, 3.63) is 235 Å². The highest BCUT2D eigenvalue weighted by Crippen LogP contribution is 2.42. The molecule has 0 unspecified atom stereocenters.